The summed E-state index contributed by atoms with van der Waals surface area (Å²) in [5.41, 5.74) is 0.141. The number of aliphatic carboxylic acids is 1. The Balaban J connectivity index is 1.55. The van der Waals surface area contributed by atoms with Crippen molar-refractivity contribution in [1.29, 1.82) is 0 Å². The van der Waals surface area contributed by atoms with Crippen molar-refractivity contribution in [1.82, 2.24) is 0 Å². The molecule has 5 aliphatic rings. The first-order chi connectivity index (χ1) is 19.0. The second-order valence-corrected chi connectivity index (χ2v) is 16.4. The van der Waals surface area contributed by atoms with Gasteiger partial charge in [0.2, 0.25) is 0 Å². The number of rotatable bonds is 4. The third-order valence-corrected chi connectivity index (χ3v) is 14.1. The van der Waals surface area contributed by atoms with E-state index in [2.05, 4.69) is 40.7 Å². The predicted octanol–water partition coefficient (Wildman–Crippen LogP) is 6.69. The topological polar surface area (TPSA) is 104 Å². The maximum atomic E-state index is 12.9. The van der Waals surface area contributed by atoms with Crippen molar-refractivity contribution in [2.24, 2.45) is 50.2 Å². The number of carbonyl (C=O) groups is 2. The van der Waals surface area contributed by atoms with Crippen LogP contribution >= 0.6 is 0 Å². The van der Waals surface area contributed by atoms with Crippen molar-refractivity contribution in [3.8, 4) is 0 Å². The Morgan fingerprint density at radius 2 is 1.66 bits per heavy atom. The molecule has 0 amide bonds. The Morgan fingerprint density at radius 3 is 2.27 bits per heavy atom. The summed E-state index contributed by atoms with van der Waals surface area (Å²) < 4.78 is 5.95. The molecule has 0 saturated heterocycles. The van der Waals surface area contributed by atoms with Gasteiger partial charge in [-0.1, -0.05) is 59.3 Å². The second kappa shape index (κ2) is 9.67. The van der Waals surface area contributed by atoms with Crippen molar-refractivity contribution < 1.29 is 29.6 Å². The van der Waals surface area contributed by atoms with Gasteiger partial charge in [0.15, 0.2) is 0 Å². The molecule has 0 aliphatic heterocycles. The molecule has 41 heavy (non-hydrogen) atoms. The fourth-order valence-electron chi connectivity index (χ4n) is 11.3. The Hall–Kier alpha value is -1.66. The van der Waals surface area contributed by atoms with Crippen LogP contribution in [-0.4, -0.2) is 46.1 Å². The standard InChI is InChI=1S/C35H54O6/c1-9-21(2)28(38)41-27-24(37)19-31(5)25(32(27,6)20-36)12-13-34(8)26(31)11-10-22-23-18-30(3,4)14-16-35(23,29(39)40)17-15-33(22,34)7/h9-10,23-27,36-37H,11-20H2,1-8H3,(H,39,40)/b21-9-/t23-,24-,25+,26+,27-,31-,32-,33+,34+,35-/m0/s1. The van der Waals surface area contributed by atoms with Crippen LogP contribution in [0.5, 0.6) is 0 Å². The lowest BCUT2D eigenvalue weighted by Crippen LogP contribution is -2.68. The Bertz CT molecular complexity index is 1170. The number of aliphatic hydroxyl groups is 2. The van der Waals surface area contributed by atoms with Crippen LogP contribution in [0.2, 0.25) is 0 Å². The summed E-state index contributed by atoms with van der Waals surface area (Å²) >= 11 is 0. The number of ether oxygens (including phenoxy) is 1. The summed E-state index contributed by atoms with van der Waals surface area (Å²) in [6, 6.07) is 0. The highest BCUT2D eigenvalue weighted by molar-refractivity contribution is 5.87. The summed E-state index contributed by atoms with van der Waals surface area (Å²) in [6.45, 7) is 17.1. The summed E-state index contributed by atoms with van der Waals surface area (Å²) in [7, 11) is 0. The first-order valence-corrected chi connectivity index (χ1v) is 16.0. The van der Waals surface area contributed by atoms with E-state index >= 15 is 0 Å². The molecule has 6 heteroatoms. The zero-order chi connectivity index (χ0) is 30.4. The van der Waals surface area contributed by atoms with Gasteiger partial charge in [0, 0.05) is 11.0 Å². The Kier molecular flexibility index (Phi) is 7.26. The van der Waals surface area contributed by atoms with Crippen molar-refractivity contribution in [3.05, 3.63) is 23.3 Å². The molecule has 230 valence electrons. The molecule has 0 aromatic heterocycles. The number of allylic oxidation sites excluding steroid dienone is 3. The van der Waals surface area contributed by atoms with Crippen molar-refractivity contribution in [3.63, 3.8) is 0 Å². The maximum absolute atomic E-state index is 12.9. The normalized spacial score (nSPS) is 49.0. The van der Waals surface area contributed by atoms with Gasteiger partial charge in [-0.2, -0.15) is 0 Å². The average Bonchev–Trinajstić information content (AvgIpc) is 2.90. The lowest BCUT2D eigenvalue weighted by molar-refractivity contribution is -0.249. The minimum Gasteiger partial charge on any atom is -0.481 e. The molecule has 5 aliphatic carbocycles. The van der Waals surface area contributed by atoms with Crippen LogP contribution in [0.3, 0.4) is 0 Å². The second-order valence-electron chi connectivity index (χ2n) is 16.4. The average molecular weight is 571 g/mol. The minimum absolute atomic E-state index is 0.0594. The van der Waals surface area contributed by atoms with Crippen molar-refractivity contribution >= 4 is 11.9 Å². The van der Waals surface area contributed by atoms with Gasteiger partial charge >= 0.3 is 11.9 Å². The molecule has 0 spiro atoms. The van der Waals surface area contributed by atoms with E-state index in [1.807, 2.05) is 6.92 Å². The van der Waals surface area contributed by atoms with E-state index < -0.39 is 35.0 Å². The number of esters is 1. The van der Waals surface area contributed by atoms with Gasteiger partial charge in [-0.25, -0.2) is 4.79 Å². The Morgan fingerprint density at radius 1 is 1.00 bits per heavy atom. The highest BCUT2D eigenvalue weighted by atomic mass is 16.6. The van der Waals surface area contributed by atoms with E-state index in [1.165, 1.54) is 5.57 Å². The predicted molar refractivity (Wildman–Crippen MR) is 159 cm³/mol. The molecule has 0 unspecified atom stereocenters. The number of fused-ring (bicyclic) bond motifs is 7. The summed E-state index contributed by atoms with van der Waals surface area (Å²) in [5, 5.41) is 33.1. The van der Waals surface area contributed by atoms with Gasteiger partial charge in [-0.15, -0.1) is 0 Å². The molecular formula is C35H54O6. The molecule has 4 fully saturated rings. The number of hydrogen-bond acceptors (Lipinski definition) is 5. The van der Waals surface area contributed by atoms with Gasteiger partial charge in [0.1, 0.15) is 6.10 Å². The third kappa shape index (κ3) is 4.08. The molecule has 0 radical (unpaired) electrons. The van der Waals surface area contributed by atoms with Gasteiger partial charge in [0.25, 0.3) is 0 Å². The Labute approximate surface area is 247 Å². The van der Waals surface area contributed by atoms with Gasteiger partial charge in [-0.3, -0.25) is 4.79 Å². The molecule has 6 nitrogen and oxygen atoms in total. The zero-order valence-corrected chi connectivity index (χ0v) is 26.7. The molecule has 0 aromatic carbocycles. The van der Waals surface area contributed by atoms with Crippen molar-refractivity contribution in [2.75, 3.05) is 6.61 Å². The molecule has 0 bridgehead atoms. The zero-order valence-electron chi connectivity index (χ0n) is 26.7. The largest absolute Gasteiger partial charge is 0.481 e. The highest BCUT2D eigenvalue weighted by Gasteiger charge is 2.71. The minimum atomic E-state index is -0.868. The van der Waals surface area contributed by atoms with E-state index in [0.29, 0.717) is 12.0 Å². The summed E-state index contributed by atoms with van der Waals surface area (Å²) in [5.74, 6) is -0.640. The highest BCUT2D eigenvalue weighted by Crippen LogP contribution is 2.75. The van der Waals surface area contributed by atoms with Crippen LogP contribution in [-0.2, 0) is 14.3 Å². The number of carboxylic acids is 1. The lowest BCUT2D eigenvalue weighted by Gasteiger charge is -2.71. The fraction of sp³-hybridized carbons (Fsp3) is 0.829. The van der Waals surface area contributed by atoms with Crippen molar-refractivity contribution in [2.45, 2.75) is 125 Å². The quantitative estimate of drug-likeness (QED) is 0.198. The summed E-state index contributed by atoms with van der Waals surface area (Å²) in [4.78, 5) is 25.7. The molecule has 3 N–H and O–H groups in total. The third-order valence-electron chi connectivity index (χ3n) is 14.1. The van der Waals surface area contributed by atoms with Crippen LogP contribution in [0.15, 0.2) is 23.3 Å². The van der Waals surface area contributed by atoms with Gasteiger partial charge < -0.3 is 20.1 Å². The van der Waals surface area contributed by atoms with E-state index in [0.717, 1.165) is 51.4 Å². The molecule has 4 saturated carbocycles. The molecule has 0 aromatic rings. The van der Waals surface area contributed by atoms with Crippen LogP contribution in [0.4, 0.5) is 0 Å². The summed E-state index contributed by atoms with van der Waals surface area (Å²) in [6.07, 6.45) is 9.96. The number of carboxylic acid groups (broad SMARTS) is 1. The van der Waals surface area contributed by atoms with E-state index in [9.17, 15) is 24.9 Å². The van der Waals surface area contributed by atoms with Gasteiger partial charge in [0.05, 0.1) is 18.1 Å². The fourth-order valence-corrected chi connectivity index (χ4v) is 11.3. The van der Waals surface area contributed by atoms with Crippen LogP contribution in [0.25, 0.3) is 0 Å². The smallest absolute Gasteiger partial charge is 0.333 e. The van der Waals surface area contributed by atoms with E-state index in [-0.39, 0.29) is 46.0 Å². The van der Waals surface area contributed by atoms with Crippen LogP contribution in [0, 0.1) is 50.2 Å². The van der Waals surface area contributed by atoms with Crippen LogP contribution in [0.1, 0.15) is 113 Å². The SMILES string of the molecule is C/C=C(/C)C(=O)O[C@H]1[C@@H](O)C[C@@]2(C)[C@@H](CC[C@]3(C)[C@@H]2CC=C2[C@@H]4CC(C)(C)CC[C@]4(C(=O)O)CC[C@]23C)[C@]1(C)CO. The molecule has 0 heterocycles. The first kappa shape index (κ1) is 30.8. The lowest BCUT2D eigenvalue weighted by atomic mass is 9.33. The number of hydrogen-bond donors (Lipinski definition) is 3. The van der Waals surface area contributed by atoms with E-state index in [4.69, 9.17) is 4.74 Å². The van der Waals surface area contributed by atoms with Gasteiger partial charge in [-0.05, 0) is 111 Å². The van der Waals surface area contributed by atoms with Crippen LogP contribution < -0.4 is 0 Å². The molecular weight excluding hydrogens is 516 g/mol. The number of aliphatic hydroxyl groups excluding tert-OH is 2. The maximum Gasteiger partial charge on any atom is 0.333 e. The monoisotopic (exact) mass is 570 g/mol. The molecule has 10 atom stereocenters. The van der Waals surface area contributed by atoms with E-state index in [1.54, 1.807) is 19.9 Å². The first-order valence-electron chi connectivity index (χ1n) is 16.0. The molecule has 5 rings (SSSR count). The number of carbonyl (C=O) groups excluding carboxylic acids is 1.